The first-order valence-corrected chi connectivity index (χ1v) is 9.82. The van der Waals surface area contributed by atoms with Gasteiger partial charge in [-0.2, -0.15) is 0 Å². The number of aryl methyl sites for hydroxylation is 1. The van der Waals surface area contributed by atoms with E-state index >= 15 is 0 Å². The van der Waals surface area contributed by atoms with Gasteiger partial charge in [-0.3, -0.25) is 9.78 Å². The number of nitrogens with zero attached hydrogens (tertiary/aromatic N) is 3. The van der Waals surface area contributed by atoms with E-state index < -0.39 is 0 Å². The van der Waals surface area contributed by atoms with Gasteiger partial charge in [0.15, 0.2) is 6.61 Å². The van der Waals surface area contributed by atoms with Gasteiger partial charge in [-0.1, -0.05) is 24.0 Å². The number of ether oxygens (including phenoxy) is 1. The van der Waals surface area contributed by atoms with Gasteiger partial charge in [0, 0.05) is 18.4 Å². The van der Waals surface area contributed by atoms with Gasteiger partial charge >= 0.3 is 0 Å². The van der Waals surface area contributed by atoms with Crippen molar-refractivity contribution in [2.75, 3.05) is 28.9 Å². The average Bonchev–Trinajstić information content (AvgIpc) is 2.78. The van der Waals surface area contributed by atoms with Crippen LogP contribution < -0.4 is 21.1 Å². The number of anilines is 3. The highest BCUT2D eigenvalue weighted by atomic mass is 35.5. The standard InChI is InChI=1S/C13H14N4O.C9H9ClN2O/c14-13-12(5-2-6-15-13)16-8-10-3-1-4-11(7-10)17-9-18;1-8-6-12-9(7-11-8)13-5-3-2-4-10/h1-7,9,16H,8H2,(H2,14,15)(H,17,18);6-7H,4-5H2,1H3. The molecule has 0 bridgehead atoms. The molecule has 0 saturated heterocycles. The molecule has 1 aromatic carbocycles. The second-order valence-corrected chi connectivity index (χ2v) is 6.29. The lowest BCUT2D eigenvalue weighted by atomic mass is 10.2. The highest BCUT2D eigenvalue weighted by Crippen LogP contribution is 2.16. The lowest BCUT2D eigenvalue weighted by molar-refractivity contribution is -0.105. The SMILES string of the molecule is Cc1cnc(OCC#CCCl)cn1.Nc1ncccc1NCc1cccc(NC=O)c1. The van der Waals surface area contributed by atoms with Gasteiger partial charge < -0.3 is 21.1 Å². The molecule has 9 heteroatoms. The third-order valence-corrected chi connectivity index (χ3v) is 3.85. The van der Waals surface area contributed by atoms with Crippen molar-refractivity contribution in [2.45, 2.75) is 13.5 Å². The molecule has 0 fully saturated rings. The fourth-order valence-electron chi connectivity index (χ4n) is 2.27. The Hall–Kier alpha value is -3.83. The zero-order valence-corrected chi connectivity index (χ0v) is 17.8. The van der Waals surface area contributed by atoms with Gasteiger partial charge in [-0.05, 0) is 36.8 Å². The molecule has 31 heavy (non-hydrogen) atoms. The summed E-state index contributed by atoms with van der Waals surface area (Å²) in [5.41, 5.74) is 9.20. The number of nitrogens with two attached hydrogens (primary N) is 1. The highest BCUT2D eigenvalue weighted by Gasteiger charge is 1.99. The van der Waals surface area contributed by atoms with E-state index in [9.17, 15) is 4.79 Å². The first kappa shape index (κ1) is 23.4. The Labute approximate surface area is 186 Å². The van der Waals surface area contributed by atoms with E-state index in [2.05, 4.69) is 37.4 Å². The summed E-state index contributed by atoms with van der Waals surface area (Å²) in [7, 11) is 0. The number of amides is 1. The molecule has 0 unspecified atom stereocenters. The Morgan fingerprint density at radius 2 is 2.03 bits per heavy atom. The number of pyridine rings is 1. The molecule has 0 aliphatic heterocycles. The zero-order chi connectivity index (χ0) is 22.3. The minimum atomic E-state index is 0.296. The summed E-state index contributed by atoms with van der Waals surface area (Å²) in [4.78, 5) is 22.4. The Balaban J connectivity index is 0.000000233. The molecule has 0 aliphatic carbocycles. The van der Waals surface area contributed by atoms with Gasteiger partial charge in [-0.25, -0.2) is 9.97 Å². The van der Waals surface area contributed by atoms with Crippen molar-refractivity contribution in [3.8, 4) is 17.7 Å². The molecule has 1 amide bonds. The number of hydrogen-bond donors (Lipinski definition) is 3. The molecule has 0 atom stereocenters. The Bertz CT molecular complexity index is 1020. The van der Waals surface area contributed by atoms with Crippen molar-refractivity contribution in [3.63, 3.8) is 0 Å². The maximum absolute atomic E-state index is 10.4. The number of benzene rings is 1. The molecular weight excluding hydrogens is 416 g/mol. The third-order valence-electron chi connectivity index (χ3n) is 3.72. The molecule has 160 valence electrons. The monoisotopic (exact) mass is 438 g/mol. The highest BCUT2D eigenvalue weighted by molar-refractivity contribution is 6.19. The smallest absolute Gasteiger partial charge is 0.233 e. The zero-order valence-electron chi connectivity index (χ0n) is 17.0. The van der Waals surface area contributed by atoms with Crippen LogP contribution in [0, 0.1) is 18.8 Å². The van der Waals surface area contributed by atoms with Gasteiger partial charge in [0.2, 0.25) is 12.3 Å². The second-order valence-electron chi connectivity index (χ2n) is 6.02. The third kappa shape index (κ3) is 9.02. The molecular formula is C22H23ClN6O2. The van der Waals surface area contributed by atoms with E-state index in [0.29, 0.717) is 37.1 Å². The van der Waals surface area contributed by atoms with Gasteiger partial charge in [0.25, 0.3) is 0 Å². The predicted molar refractivity (Wildman–Crippen MR) is 123 cm³/mol. The molecule has 0 saturated carbocycles. The Morgan fingerprint density at radius 3 is 2.74 bits per heavy atom. The van der Waals surface area contributed by atoms with Crippen LogP contribution in [-0.4, -0.2) is 33.8 Å². The summed E-state index contributed by atoms with van der Waals surface area (Å²) in [5.74, 6) is 6.67. The molecule has 0 radical (unpaired) electrons. The van der Waals surface area contributed by atoms with E-state index in [-0.39, 0.29) is 0 Å². The predicted octanol–water partition coefficient (Wildman–Crippen LogP) is 3.25. The number of nitrogen functional groups attached to an aromatic ring is 1. The summed E-state index contributed by atoms with van der Waals surface area (Å²) in [5, 5.41) is 5.81. The topological polar surface area (TPSA) is 115 Å². The number of aromatic nitrogens is 3. The lowest BCUT2D eigenvalue weighted by Crippen LogP contribution is -2.04. The summed E-state index contributed by atoms with van der Waals surface area (Å²) < 4.78 is 5.16. The fraction of sp³-hybridized carbons (Fsp3) is 0.182. The summed E-state index contributed by atoms with van der Waals surface area (Å²) in [6.45, 7) is 2.78. The van der Waals surface area contributed by atoms with Crippen LogP contribution >= 0.6 is 11.6 Å². The Kier molecular flexibility index (Phi) is 10.1. The van der Waals surface area contributed by atoms with E-state index in [0.717, 1.165) is 22.6 Å². The summed E-state index contributed by atoms with van der Waals surface area (Å²) in [6, 6.07) is 11.3. The van der Waals surface area contributed by atoms with Gasteiger partial charge in [-0.15, -0.1) is 11.6 Å². The van der Waals surface area contributed by atoms with Crippen LogP contribution in [0.4, 0.5) is 17.2 Å². The first-order chi connectivity index (χ1) is 15.1. The number of carbonyl (C=O) groups excluding carboxylic acids is 1. The maximum Gasteiger partial charge on any atom is 0.233 e. The molecule has 0 aliphatic rings. The number of hydrogen-bond acceptors (Lipinski definition) is 7. The van der Waals surface area contributed by atoms with E-state index in [1.54, 1.807) is 18.6 Å². The van der Waals surface area contributed by atoms with Crippen LogP contribution in [0.1, 0.15) is 11.3 Å². The number of rotatable bonds is 7. The largest absolute Gasteiger partial charge is 0.463 e. The van der Waals surface area contributed by atoms with E-state index in [1.165, 1.54) is 0 Å². The van der Waals surface area contributed by atoms with Crippen molar-refractivity contribution in [1.82, 2.24) is 15.0 Å². The summed E-state index contributed by atoms with van der Waals surface area (Å²) in [6.07, 6.45) is 5.52. The number of nitrogens with one attached hydrogen (secondary N) is 2. The van der Waals surface area contributed by atoms with Gasteiger partial charge in [0.1, 0.15) is 5.82 Å². The van der Waals surface area contributed by atoms with E-state index in [1.807, 2.05) is 43.3 Å². The van der Waals surface area contributed by atoms with Crippen molar-refractivity contribution in [2.24, 2.45) is 0 Å². The fourth-order valence-corrected chi connectivity index (χ4v) is 2.36. The van der Waals surface area contributed by atoms with Crippen molar-refractivity contribution in [3.05, 3.63) is 66.2 Å². The summed E-state index contributed by atoms with van der Waals surface area (Å²) >= 11 is 5.35. The molecule has 4 N–H and O–H groups in total. The Morgan fingerprint density at radius 1 is 1.16 bits per heavy atom. The minimum Gasteiger partial charge on any atom is -0.463 e. The van der Waals surface area contributed by atoms with Crippen molar-refractivity contribution in [1.29, 1.82) is 0 Å². The first-order valence-electron chi connectivity index (χ1n) is 9.29. The number of halogens is 1. The second kappa shape index (κ2) is 13.4. The number of carbonyl (C=O) groups is 1. The molecule has 2 aromatic heterocycles. The lowest BCUT2D eigenvalue weighted by Gasteiger charge is -2.09. The maximum atomic E-state index is 10.4. The van der Waals surface area contributed by atoms with Crippen molar-refractivity contribution >= 4 is 35.2 Å². The van der Waals surface area contributed by atoms with Crippen LogP contribution in [0.15, 0.2) is 55.0 Å². The number of alkyl halides is 1. The molecule has 0 spiro atoms. The molecule has 8 nitrogen and oxygen atoms in total. The minimum absolute atomic E-state index is 0.296. The average molecular weight is 439 g/mol. The van der Waals surface area contributed by atoms with Gasteiger partial charge in [0.05, 0.1) is 29.7 Å². The van der Waals surface area contributed by atoms with Crippen LogP contribution in [-0.2, 0) is 11.3 Å². The van der Waals surface area contributed by atoms with Crippen LogP contribution in [0.3, 0.4) is 0 Å². The van der Waals surface area contributed by atoms with Crippen LogP contribution in [0.5, 0.6) is 5.88 Å². The quantitative estimate of drug-likeness (QED) is 0.294. The molecule has 3 aromatic rings. The molecule has 3 rings (SSSR count). The molecule has 2 heterocycles. The van der Waals surface area contributed by atoms with Crippen molar-refractivity contribution < 1.29 is 9.53 Å². The van der Waals surface area contributed by atoms with Crippen LogP contribution in [0.2, 0.25) is 0 Å². The van der Waals surface area contributed by atoms with E-state index in [4.69, 9.17) is 22.1 Å². The van der Waals surface area contributed by atoms with Crippen LogP contribution in [0.25, 0.3) is 0 Å². The normalized spacial score (nSPS) is 9.35.